The van der Waals surface area contributed by atoms with Crippen molar-refractivity contribution in [3.05, 3.63) is 17.7 Å². The van der Waals surface area contributed by atoms with E-state index in [2.05, 4.69) is 19.2 Å². The van der Waals surface area contributed by atoms with Crippen molar-refractivity contribution in [3.8, 4) is 17.2 Å². The molecule has 1 aliphatic heterocycles. The van der Waals surface area contributed by atoms with Crippen LogP contribution < -0.4 is 19.5 Å². The Labute approximate surface area is 119 Å². The predicted molar refractivity (Wildman–Crippen MR) is 76.3 cm³/mol. The summed E-state index contributed by atoms with van der Waals surface area (Å²) >= 11 is 0. The van der Waals surface area contributed by atoms with E-state index in [0.29, 0.717) is 18.9 Å². The van der Waals surface area contributed by atoms with Crippen LogP contribution in [0.25, 0.3) is 0 Å². The molecular weight excluding hydrogens is 258 g/mol. The molecule has 5 heteroatoms. The number of hydrogen-bond donors (Lipinski definition) is 2. The third-order valence-corrected chi connectivity index (χ3v) is 2.98. The second-order valence-electron chi connectivity index (χ2n) is 5.26. The summed E-state index contributed by atoms with van der Waals surface area (Å²) in [5.41, 5.74) is 1.05. The highest BCUT2D eigenvalue weighted by Gasteiger charge is 2.18. The molecule has 0 atom stereocenters. The van der Waals surface area contributed by atoms with Gasteiger partial charge in [0.15, 0.2) is 11.5 Å². The maximum absolute atomic E-state index is 8.83. The molecule has 0 saturated carbocycles. The fourth-order valence-corrected chi connectivity index (χ4v) is 1.98. The molecule has 0 aromatic heterocycles. The first-order chi connectivity index (χ1) is 9.70. The van der Waals surface area contributed by atoms with Gasteiger partial charge in [-0.15, -0.1) is 0 Å². The zero-order valence-electron chi connectivity index (χ0n) is 12.1. The predicted octanol–water partition coefficient (Wildman–Crippen LogP) is 1.92. The van der Waals surface area contributed by atoms with Crippen LogP contribution >= 0.6 is 0 Å². The summed E-state index contributed by atoms with van der Waals surface area (Å²) in [4.78, 5) is 0. The van der Waals surface area contributed by atoms with E-state index in [9.17, 15) is 0 Å². The molecular formula is C15H23NO4. The van der Waals surface area contributed by atoms with Gasteiger partial charge in [0.2, 0.25) is 6.79 Å². The second-order valence-corrected chi connectivity index (χ2v) is 5.26. The van der Waals surface area contributed by atoms with Crippen LogP contribution in [0, 0.1) is 5.92 Å². The van der Waals surface area contributed by atoms with Crippen molar-refractivity contribution in [2.75, 3.05) is 26.6 Å². The molecule has 1 heterocycles. The first kappa shape index (κ1) is 14.9. The molecule has 1 aliphatic rings. The lowest BCUT2D eigenvalue weighted by atomic mass is 10.1. The summed E-state index contributed by atoms with van der Waals surface area (Å²) in [6, 6.07) is 3.83. The van der Waals surface area contributed by atoms with Gasteiger partial charge in [0.25, 0.3) is 0 Å². The lowest BCUT2D eigenvalue weighted by Gasteiger charge is -2.14. The Morgan fingerprint density at radius 2 is 2.05 bits per heavy atom. The highest BCUT2D eigenvalue weighted by molar-refractivity contribution is 5.51. The van der Waals surface area contributed by atoms with Crippen LogP contribution in [0.5, 0.6) is 17.2 Å². The molecule has 0 spiro atoms. The largest absolute Gasteiger partial charge is 0.493 e. The highest BCUT2D eigenvalue weighted by Crippen LogP contribution is 2.38. The number of rotatable bonds is 8. The number of hydrogen-bond acceptors (Lipinski definition) is 5. The standard InChI is InChI=1S/C15H23NO4/c1-11(2)8-16-9-12-6-14-15(20-10-19-14)7-13(12)18-5-3-4-17/h6-7,11,16-17H,3-5,8-10H2,1-2H3. The van der Waals surface area contributed by atoms with Crippen LogP contribution in [-0.2, 0) is 6.54 Å². The highest BCUT2D eigenvalue weighted by atomic mass is 16.7. The fraction of sp³-hybridized carbons (Fsp3) is 0.600. The number of aliphatic hydroxyl groups excluding tert-OH is 1. The Balaban J connectivity index is 2.05. The van der Waals surface area contributed by atoms with Gasteiger partial charge in [0.05, 0.1) is 6.61 Å². The summed E-state index contributed by atoms with van der Waals surface area (Å²) in [6.07, 6.45) is 0.618. The quantitative estimate of drug-likeness (QED) is 0.713. The van der Waals surface area contributed by atoms with Gasteiger partial charge >= 0.3 is 0 Å². The van der Waals surface area contributed by atoms with E-state index in [1.54, 1.807) is 0 Å². The smallest absolute Gasteiger partial charge is 0.231 e. The van der Waals surface area contributed by atoms with E-state index >= 15 is 0 Å². The first-order valence-corrected chi connectivity index (χ1v) is 7.07. The van der Waals surface area contributed by atoms with Gasteiger partial charge in [-0.1, -0.05) is 13.8 Å². The van der Waals surface area contributed by atoms with Gasteiger partial charge in [0.1, 0.15) is 5.75 Å². The molecule has 0 fully saturated rings. The van der Waals surface area contributed by atoms with Crippen LogP contribution in [0.1, 0.15) is 25.8 Å². The first-order valence-electron chi connectivity index (χ1n) is 7.07. The van der Waals surface area contributed by atoms with E-state index in [0.717, 1.165) is 35.9 Å². The average Bonchev–Trinajstić information content (AvgIpc) is 2.85. The monoisotopic (exact) mass is 281 g/mol. The van der Waals surface area contributed by atoms with Crippen molar-refractivity contribution in [3.63, 3.8) is 0 Å². The lowest BCUT2D eigenvalue weighted by molar-refractivity contribution is 0.173. The van der Waals surface area contributed by atoms with E-state index in [-0.39, 0.29) is 13.4 Å². The molecule has 0 amide bonds. The van der Waals surface area contributed by atoms with E-state index < -0.39 is 0 Å². The van der Waals surface area contributed by atoms with E-state index in [1.165, 1.54) is 0 Å². The van der Waals surface area contributed by atoms with Crippen molar-refractivity contribution in [1.82, 2.24) is 5.32 Å². The minimum atomic E-state index is 0.130. The van der Waals surface area contributed by atoms with Gasteiger partial charge in [-0.3, -0.25) is 0 Å². The molecule has 0 saturated heterocycles. The third-order valence-electron chi connectivity index (χ3n) is 2.98. The van der Waals surface area contributed by atoms with Gasteiger partial charge in [-0.05, 0) is 18.5 Å². The Hall–Kier alpha value is -1.46. The Morgan fingerprint density at radius 3 is 2.75 bits per heavy atom. The van der Waals surface area contributed by atoms with Crippen molar-refractivity contribution >= 4 is 0 Å². The van der Waals surface area contributed by atoms with E-state index in [4.69, 9.17) is 19.3 Å². The summed E-state index contributed by atoms with van der Waals surface area (Å²) in [7, 11) is 0. The van der Waals surface area contributed by atoms with Crippen LogP contribution in [0.3, 0.4) is 0 Å². The number of aliphatic hydroxyl groups is 1. The van der Waals surface area contributed by atoms with Crippen LogP contribution in [0.15, 0.2) is 12.1 Å². The Bertz CT molecular complexity index is 434. The molecule has 20 heavy (non-hydrogen) atoms. The van der Waals surface area contributed by atoms with Crippen LogP contribution in [0.4, 0.5) is 0 Å². The molecule has 0 aliphatic carbocycles. The average molecular weight is 281 g/mol. The maximum atomic E-state index is 8.83. The molecule has 0 bridgehead atoms. The van der Waals surface area contributed by atoms with Crippen molar-refractivity contribution in [2.24, 2.45) is 5.92 Å². The van der Waals surface area contributed by atoms with Crippen LogP contribution in [-0.4, -0.2) is 31.7 Å². The van der Waals surface area contributed by atoms with Gasteiger partial charge in [-0.25, -0.2) is 0 Å². The summed E-state index contributed by atoms with van der Waals surface area (Å²) in [5.74, 6) is 2.87. The summed E-state index contributed by atoms with van der Waals surface area (Å²) in [5, 5.41) is 12.2. The lowest BCUT2D eigenvalue weighted by Crippen LogP contribution is -2.19. The topological polar surface area (TPSA) is 60.0 Å². The number of nitrogens with one attached hydrogen (secondary N) is 1. The van der Waals surface area contributed by atoms with Gasteiger partial charge in [0, 0.05) is 31.2 Å². The summed E-state index contributed by atoms with van der Waals surface area (Å²) in [6.45, 7) is 6.90. The molecule has 112 valence electrons. The molecule has 0 unspecified atom stereocenters. The minimum Gasteiger partial charge on any atom is -0.493 e. The van der Waals surface area contributed by atoms with E-state index in [1.807, 2.05) is 12.1 Å². The van der Waals surface area contributed by atoms with Crippen molar-refractivity contribution < 1.29 is 19.3 Å². The zero-order chi connectivity index (χ0) is 14.4. The molecule has 1 aromatic carbocycles. The number of fused-ring (bicyclic) bond motifs is 1. The molecule has 2 rings (SSSR count). The number of benzene rings is 1. The van der Waals surface area contributed by atoms with Crippen molar-refractivity contribution in [2.45, 2.75) is 26.8 Å². The third kappa shape index (κ3) is 4.02. The maximum Gasteiger partial charge on any atom is 0.231 e. The van der Waals surface area contributed by atoms with Gasteiger partial charge < -0.3 is 24.6 Å². The fourth-order valence-electron chi connectivity index (χ4n) is 1.98. The normalized spacial score (nSPS) is 13.0. The molecule has 1 aromatic rings. The van der Waals surface area contributed by atoms with Crippen molar-refractivity contribution in [1.29, 1.82) is 0 Å². The Kier molecular flexibility index (Phi) is 5.49. The number of ether oxygens (including phenoxy) is 3. The SMILES string of the molecule is CC(C)CNCc1cc2c(cc1OCCCO)OCO2. The van der Waals surface area contributed by atoms with Gasteiger partial charge in [-0.2, -0.15) is 0 Å². The van der Waals surface area contributed by atoms with Crippen LogP contribution in [0.2, 0.25) is 0 Å². The molecule has 5 nitrogen and oxygen atoms in total. The molecule has 2 N–H and O–H groups in total. The zero-order valence-corrected chi connectivity index (χ0v) is 12.1. The second kappa shape index (κ2) is 7.36. The summed E-state index contributed by atoms with van der Waals surface area (Å²) < 4.78 is 16.5. The molecule has 0 radical (unpaired) electrons. The Morgan fingerprint density at radius 1 is 1.30 bits per heavy atom. The minimum absolute atomic E-state index is 0.130.